The first kappa shape index (κ1) is 14.2. The van der Waals surface area contributed by atoms with Crippen LogP contribution in [-0.2, 0) is 0 Å². The standard InChI is InChI=1S/C18H14ClNSe/c19-14-10-12-15(13-11-14)20-17-8-4-5-9-18(17)21-16-6-2-1-3-7-16/h1-13,20H. The normalized spacial score (nSPS) is 10.3. The Morgan fingerprint density at radius 2 is 1.38 bits per heavy atom. The van der Waals surface area contributed by atoms with Crippen LogP contribution in [0.15, 0.2) is 78.9 Å². The van der Waals surface area contributed by atoms with Crippen molar-refractivity contribution in [1.82, 2.24) is 0 Å². The fourth-order valence-electron chi connectivity index (χ4n) is 1.96. The number of nitrogens with one attached hydrogen (secondary N) is 1. The molecule has 0 fully saturated rings. The van der Waals surface area contributed by atoms with E-state index in [0.717, 1.165) is 16.4 Å². The Morgan fingerprint density at radius 1 is 0.714 bits per heavy atom. The third-order valence-corrected chi connectivity index (χ3v) is 5.51. The molecule has 3 rings (SSSR count). The summed E-state index contributed by atoms with van der Waals surface area (Å²) in [7, 11) is 0. The van der Waals surface area contributed by atoms with Gasteiger partial charge in [-0.05, 0) is 0 Å². The van der Waals surface area contributed by atoms with Crippen molar-refractivity contribution in [3.8, 4) is 0 Å². The summed E-state index contributed by atoms with van der Waals surface area (Å²) in [4.78, 5) is 0. The summed E-state index contributed by atoms with van der Waals surface area (Å²) in [5.74, 6) is 0. The zero-order chi connectivity index (χ0) is 14.5. The molecular formula is C18H14ClNSe. The second-order valence-electron chi connectivity index (χ2n) is 4.54. The summed E-state index contributed by atoms with van der Waals surface area (Å²) in [6.45, 7) is 0. The predicted molar refractivity (Wildman–Crippen MR) is 92.6 cm³/mol. The maximum atomic E-state index is 5.93. The fourth-order valence-corrected chi connectivity index (χ4v) is 4.03. The van der Waals surface area contributed by atoms with Crippen LogP contribution in [-0.4, -0.2) is 15.0 Å². The van der Waals surface area contributed by atoms with Crippen molar-refractivity contribution >= 4 is 46.9 Å². The van der Waals surface area contributed by atoms with Gasteiger partial charge in [0.2, 0.25) is 0 Å². The Bertz CT molecular complexity index is 711. The fraction of sp³-hybridized carbons (Fsp3) is 0. The van der Waals surface area contributed by atoms with Gasteiger partial charge in [-0.3, -0.25) is 0 Å². The number of para-hydroxylation sites is 1. The molecule has 0 aliphatic heterocycles. The Hall–Kier alpha value is -1.73. The molecule has 0 saturated carbocycles. The number of anilines is 2. The van der Waals surface area contributed by atoms with Crippen LogP contribution in [0.5, 0.6) is 0 Å². The van der Waals surface area contributed by atoms with Crippen LogP contribution >= 0.6 is 11.6 Å². The van der Waals surface area contributed by atoms with Gasteiger partial charge in [0.25, 0.3) is 0 Å². The van der Waals surface area contributed by atoms with E-state index in [4.69, 9.17) is 11.6 Å². The van der Waals surface area contributed by atoms with E-state index in [1.807, 2.05) is 24.3 Å². The summed E-state index contributed by atoms with van der Waals surface area (Å²) < 4.78 is 2.71. The Labute approximate surface area is 136 Å². The zero-order valence-corrected chi connectivity index (χ0v) is 13.8. The summed E-state index contributed by atoms with van der Waals surface area (Å²) in [6, 6.07) is 26.8. The molecule has 0 radical (unpaired) electrons. The van der Waals surface area contributed by atoms with Gasteiger partial charge < -0.3 is 0 Å². The Balaban J connectivity index is 1.84. The van der Waals surface area contributed by atoms with Crippen molar-refractivity contribution in [2.75, 3.05) is 5.32 Å². The van der Waals surface area contributed by atoms with Gasteiger partial charge in [-0.1, -0.05) is 0 Å². The topological polar surface area (TPSA) is 12.0 Å². The van der Waals surface area contributed by atoms with E-state index in [0.29, 0.717) is 0 Å². The van der Waals surface area contributed by atoms with Crippen molar-refractivity contribution in [3.05, 3.63) is 83.9 Å². The monoisotopic (exact) mass is 359 g/mol. The van der Waals surface area contributed by atoms with Crippen molar-refractivity contribution in [3.63, 3.8) is 0 Å². The van der Waals surface area contributed by atoms with Crippen molar-refractivity contribution < 1.29 is 0 Å². The van der Waals surface area contributed by atoms with Crippen molar-refractivity contribution in [2.45, 2.75) is 0 Å². The SMILES string of the molecule is Clc1ccc(Nc2ccccc2[Se]c2ccccc2)cc1. The van der Waals surface area contributed by atoms with E-state index in [1.165, 1.54) is 8.92 Å². The first-order valence-corrected chi connectivity index (χ1v) is 8.75. The molecule has 0 saturated heterocycles. The van der Waals surface area contributed by atoms with Crippen LogP contribution in [0.3, 0.4) is 0 Å². The molecule has 0 spiro atoms. The van der Waals surface area contributed by atoms with Gasteiger partial charge >= 0.3 is 136 Å². The first-order valence-electron chi connectivity index (χ1n) is 6.66. The summed E-state index contributed by atoms with van der Waals surface area (Å²) in [5.41, 5.74) is 2.21. The summed E-state index contributed by atoms with van der Waals surface area (Å²) in [6.07, 6.45) is 0. The van der Waals surface area contributed by atoms with Crippen LogP contribution < -0.4 is 14.2 Å². The van der Waals surface area contributed by atoms with Gasteiger partial charge in [0, 0.05) is 0 Å². The van der Waals surface area contributed by atoms with Gasteiger partial charge in [0.1, 0.15) is 0 Å². The molecule has 3 heteroatoms. The van der Waals surface area contributed by atoms with E-state index in [2.05, 4.69) is 59.9 Å². The number of hydrogen-bond acceptors (Lipinski definition) is 1. The molecule has 104 valence electrons. The van der Waals surface area contributed by atoms with E-state index in [-0.39, 0.29) is 15.0 Å². The second-order valence-corrected chi connectivity index (χ2v) is 7.32. The number of hydrogen-bond donors (Lipinski definition) is 1. The van der Waals surface area contributed by atoms with Gasteiger partial charge in [-0.2, -0.15) is 0 Å². The van der Waals surface area contributed by atoms with Crippen LogP contribution in [0.4, 0.5) is 11.4 Å². The van der Waals surface area contributed by atoms with Crippen LogP contribution in [0.25, 0.3) is 0 Å². The third kappa shape index (κ3) is 3.89. The summed E-state index contributed by atoms with van der Waals surface area (Å²) in [5, 5.41) is 4.23. The van der Waals surface area contributed by atoms with Gasteiger partial charge in [0.15, 0.2) is 0 Å². The maximum absolute atomic E-state index is 5.93. The minimum absolute atomic E-state index is 0.289. The molecular weight excluding hydrogens is 345 g/mol. The third-order valence-electron chi connectivity index (χ3n) is 2.98. The average molecular weight is 359 g/mol. The molecule has 0 bridgehead atoms. The molecule has 1 nitrogen and oxygen atoms in total. The van der Waals surface area contributed by atoms with Crippen molar-refractivity contribution in [2.24, 2.45) is 0 Å². The zero-order valence-electron chi connectivity index (χ0n) is 11.3. The Morgan fingerprint density at radius 3 is 2.14 bits per heavy atom. The minimum atomic E-state index is 0.289. The van der Waals surface area contributed by atoms with Gasteiger partial charge in [-0.15, -0.1) is 0 Å². The molecule has 0 heterocycles. The molecule has 3 aromatic carbocycles. The molecule has 0 atom stereocenters. The van der Waals surface area contributed by atoms with Crippen LogP contribution in [0.2, 0.25) is 5.02 Å². The second kappa shape index (κ2) is 6.82. The van der Waals surface area contributed by atoms with Crippen molar-refractivity contribution in [1.29, 1.82) is 0 Å². The van der Waals surface area contributed by atoms with E-state index in [9.17, 15) is 0 Å². The molecule has 21 heavy (non-hydrogen) atoms. The molecule has 0 amide bonds. The first-order chi connectivity index (χ1) is 10.3. The quantitative estimate of drug-likeness (QED) is 0.701. The average Bonchev–Trinajstić information content (AvgIpc) is 2.52. The Kier molecular flexibility index (Phi) is 4.62. The van der Waals surface area contributed by atoms with E-state index < -0.39 is 0 Å². The molecule has 1 N–H and O–H groups in total. The van der Waals surface area contributed by atoms with E-state index >= 15 is 0 Å². The predicted octanol–water partition coefficient (Wildman–Crippen LogP) is 3.74. The summed E-state index contributed by atoms with van der Waals surface area (Å²) >= 11 is 6.22. The molecule has 0 aromatic heterocycles. The molecule has 3 aromatic rings. The molecule has 0 aliphatic rings. The molecule has 0 aliphatic carbocycles. The van der Waals surface area contributed by atoms with E-state index in [1.54, 1.807) is 0 Å². The van der Waals surface area contributed by atoms with Crippen LogP contribution in [0, 0.1) is 0 Å². The molecule has 0 unspecified atom stereocenters. The van der Waals surface area contributed by atoms with Crippen LogP contribution in [0.1, 0.15) is 0 Å². The number of benzene rings is 3. The van der Waals surface area contributed by atoms with Gasteiger partial charge in [-0.25, -0.2) is 0 Å². The van der Waals surface area contributed by atoms with Gasteiger partial charge in [0.05, 0.1) is 0 Å². The number of rotatable bonds is 4. The number of halogens is 1.